The molecule has 104 valence electrons. The summed E-state index contributed by atoms with van der Waals surface area (Å²) in [6.07, 6.45) is 6.67. The number of hydrogen-bond donors (Lipinski definition) is 1. The van der Waals surface area contributed by atoms with Gasteiger partial charge in [0.2, 0.25) is 0 Å². The number of nitrogens with one attached hydrogen (secondary N) is 1. The van der Waals surface area contributed by atoms with Gasteiger partial charge in [-0.2, -0.15) is 0 Å². The third-order valence-corrected chi connectivity index (χ3v) is 3.41. The smallest absolute Gasteiger partial charge is 0.00390 e. The Morgan fingerprint density at radius 3 is 2.12 bits per heavy atom. The van der Waals surface area contributed by atoms with E-state index in [0.29, 0.717) is 12.1 Å². The normalized spacial score (nSPS) is 13.6. The Morgan fingerprint density at radius 1 is 0.941 bits per heavy atom. The van der Waals surface area contributed by atoms with Gasteiger partial charge < -0.3 is 10.2 Å². The molecule has 0 aliphatic carbocycles. The van der Waals surface area contributed by atoms with Crippen molar-refractivity contribution < 1.29 is 0 Å². The summed E-state index contributed by atoms with van der Waals surface area (Å²) in [6, 6.07) is 1.37. The van der Waals surface area contributed by atoms with E-state index in [0.717, 1.165) is 6.54 Å². The van der Waals surface area contributed by atoms with Crippen LogP contribution in [0.25, 0.3) is 0 Å². The molecule has 1 N–H and O–H groups in total. The van der Waals surface area contributed by atoms with Crippen molar-refractivity contribution in [2.45, 2.75) is 78.8 Å². The second kappa shape index (κ2) is 11.0. The molecule has 0 heterocycles. The van der Waals surface area contributed by atoms with E-state index >= 15 is 0 Å². The van der Waals surface area contributed by atoms with Gasteiger partial charge in [-0.3, -0.25) is 0 Å². The van der Waals surface area contributed by atoms with Gasteiger partial charge >= 0.3 is 0 Å². The van der Waals surface area contributed by atoms with Crippen molar-refractivity contribution in [2.24, 2.45) is 0 Å². The van der Waals surface area contributed by atoms with Crippen LogP contribution in [0.5, 0.6) is 0 Å². The second-order valence-electron chi connectivity index (χ2n) is 5.44. The maximum absolute atomic E-state index is 3.48. The van der Waals surface area contributed by atoms with Gasteiger partial charge in [0.25, 0.3) is 0 Å². The lowest BCUT2D eigenvalue weighted by molar-refractivity contribution is 0.210. The largest absolute Gasteiger partial charge is 0.315 e. The van der Waals surface area contributed by atoms with Crippen LogP contribution in [0.1, 0.15) is 66.7 Å². The molecule has 0 rings (SSSR count). The molecule has 0 saturated carbocycles. The lowest BCUT2D eigenvalue weighted by atomic mass is 10.1. The van der Waals surface area contributed by atoms with Crippen LogP contribution in [0.15, 0.2) is 0 Å². The minimum Gasteiger partial charge on any atom is -0.315 e. The van der Waals surface area contributed by atoms with E-state index in [2.05, 4.69) is 44.8 Å². The Bertz CT molecular complexity index is 157. The second-order valence-corrected chi connectivity index (χ2v) is 5.44. The van der Waals surface area contributed by atoms with Gasteiger partial charge in [-0.05, 0) is 59.7 Å². The standard InChI is InChI=1S/C15H34N2/c1-6-8-9-12-17(14(3)4)13-10-11-15(5)16-7-2/h14-16H,6-13H2,1-5H3. The first kappa shape index (κ1) is 16.9. The van der Waals surface area contributed by atoms with Crippen LogP contribution in [0.2, 0.25) is 0 Å². The van der Waals surface area contributed by atoms with Gasteiger partial charge in [0.15, 0.2) is 0 Å². The quantitative estimate of drug-likeness (QED) is 0.556. The van der Waals surface area contributed by atoms with Gasteiger partial charge in [0, 0.05) is 12.1 Å². The Hall–Kier alpha value is -0.0800. The Labute approximate surface area is 109 Å². The minimum atomic E-state index is 0.671. The summed E-state index contributed by atoms with van der Waals surface area (Å²) < 4.78 is 0. The lowest BCUT2D eigenvalue weighted by Crippen LogP contribution is -2.34. The van der Waals surface area contributed by atoms with E-state index in [4.69, 9.17) is 0 Å². The van der Waals surface area contributed by atoms with Gasteiger partial charge in [-0.15, -0.1) is 0 Å². The molecule has 0 spiro atoms. The number of unbranched alkanes of at least 4 members (excludes halogenated alkanes) is 2. The molecule has 1 atom stereocenters. The zero-order valence-corrected chi connectivity index (χ0v) is 12.8. The predicted molar refractivity (Wildman–Crippen MR) is 78.6 cm³/mol. The molecule has 0 aromatic carbocycles. The van der Waals surface area contributed by atoms with Gasteiger partial charge in [0.05, 0.1) is 0 Å². The molecule has 0 aliphatic heterocycles. The molecule has 0 radical (unpaired) electrons. The molecule has 0 bridgehead atoms. The number of rotatable bonds is 11. The molecule has 0 aromatic heterocycles. The highest BCUT2D eigenvalue weighted by Gasteiger charge is 2.09. The molecule has 2 heteroatoms. The van der Waals surface area contributed by atoms with Crippen LogP contribution in [0.4, 0.5) is 0 Å². The molecule has 0 amide bonds. The summed E-state index contributed by atoms with van der Waals surface area (Å²) in [6.45, 7) is 15.0. The summed E-state index contributed by atoms with van der Waals surface area (Å²) >= 11 is 0. The van der Waals surface area contributed by atoms with Gasteiger partial charge in [-0.1, -0.05) is 26.7 Å². The maximum atomic E-state index is 3.48. The first-order chi connectivity index (χ1) is 8.11. The summed E-state index contributed by atoms with van der Waals surface area (Å²) in [7, 11) is 0. The fourth-order valence-electron chi connectivity index (χ4n) is 2.24. The average Bonchev–Trinajstić information content (AvgIpc) is 2.27. The highest BCUT2D eigenvalue weighted by Crippen LogP contribution is 2.06. The molecular weight excluding hydrogens is 208 g/mol. The van der Waals surface area contributed by atoms with Crippen LogP contribution in [-0.2, 0) is 0 Å². The predicted octanol–water partition coefficient (Wildman–Crippen LogP) is 3.67. The Kier molecular flexibility index (Phi) is 11.0. The molecule has 17 heavy (non-hydrogen) atoms. The Balaban J connectivity index is 3.69. The summed E-state index contributed by atoms with van der Waals surface area (Å²) in [4.78, 5) is 2.63. The zero-order valence-electron chi connectivity index (χ0n) is 12.8. The van der Waals surface area contributed by atoms with E-state index in [9.17, 15) is 0 Å². The third-order valence-electron chi connectivity index (χ3n) is 3.41. The molecule has 0 aliphatic rings. The number of hydrogen-bond acceptors (Lipinski definition) is 2. The van der Waals surface area contributed by atoms with Crippen molar-refractivity contribution in [2.75, 3.05) is 19.6 Å². The Morgan fingerprint density at radius 2 is 1.59 bits per heavy atom. The van der Waals surface area contributed by atoms with E-state index < -0.39 is 0 Å². The number of nitrogens with zero attached hydrogens (tertiary/aromatic N) is 1. The van der Waals surface area contributed by atoms with Crippen molar-refractivity contribution in [3.63, 3.8) is 0 Å². The van der Waals surface area contributed by atoms with Crippen molar-refractivity contribution in [3.05, 3.63) is 0 Å². The molecule has 0 fully saturated rings. The molecule has 0 saturated heterocycles. The van der Waals surface area contributed by atoms with Gasteiger partial charge in [-0.25, -0.2) is 0 Å². The monoisotopic (exact) mass is 242 g/mol. The van der Waals surface area contributed by atoms with Crippen molar-refractivity contribution in [1.82, 2.24) is 10.2 Å². The SMILES string of the molecule is CCCCCN(CCCC(C)NCC)C(C)C. The topological polar surface area (TPSA) is 15.3 Å². The van der Waals surface area contributed by atoms with Crippen molar-refractivity contribution >= 4 is 0 Å². The first-order valence-corrected chi connectivity index (χ1v) is 7.59. The minimum absolute atomic E-state index is 0.671. The average molecular weight is 242 g/mol. The summed E-state index contributed by atoms with van der Waals surface area (Å²) in [5.41, 5.74) is 0. The molecular formula is C15H34N2. The molecule has 0 aromatic rings. The molecule has 1 unspecified atom stereocenters. The van der Waals surface area contributed by atoms with Crippen LogP contribution < -0.4 is 5.32 Å². The van der Waals surface area contributed by atoms with E-state index in [1.54, 1.807) is 0 Å². The van der Waals surface area contributed by atoms with Crippen LogP contribution in [0, 0.1) is 0 Å². The van der Waals surface area contributed by atoms with E-state index in [1.807, 2.05) is 0 Å². The zero-order chi connectivity index (χ0) is 13.1. The lowest BCUT2D eigenvalue weighted by Gasteiger charge is -2.27. The highest BCUT2D eigenvalue weighted by molar-refractivity contribution is 4.66. The van der Waals surface area contributed by atoms with Crippen molar-refractivity contribution in [3.8, 4) is 0 Å². The summed E-state index contributed by atoms with van der Waals surface area (Å²) in [5.74, 6) is 0. The first-order valence-electron chi connectivity index (χ1n) is 7.59. The van der Waals surface area contributed by atoms with Crippen molar-refractivity contribution in [1.29, 1.82) is 0 Å². The highest BCUT2D eigenvalue weighted by atomic mass is 15.1. The van der Waals surface area contributed by atoms with Crippen LogP contribution in [0.3, 0.4) is 0 Å². The fraction of sp³-hybridized carbons (Fsp3) is 1.00. The van der Waals surface area contributed by atoms with Crippen LogP contribution >= 0.6 is 0 Å². The van der Waals surface area contributed by atoms with E-state index in [1.165, 1.54) is 45.2 Å². The third kappa shape index (κ3) is 9.61. The summed E-state index contributed by atoms with van der Waals surface area (Å²) in [5, 5.41) is 3.48. The maximum Gasteiger partial charge on any atom is 0.00390 e. The van der Waals surface area contributed by atoms with E-state index in [-0.39, 0.29) is 0 Å². The van der Waals surface area contributed by atoms with Crippen LogP contribution in [-0.4, -0.2) is 36.6 Å². The molecule has 2 nitrogen and oxygen atoms in total. The van der Waals surface area contributed by atoms with Gasteiger partial charge in [0.1, 0.15) is 0 Å². The fourth-order valence-corrected chi connectivity index (χ4v) is 2.24.